The number of hydrogen-bond acceptors (Lipinski definition) is 4. The summed E-state index contributed by atoms with van der Waals surface area (Å²) in [7, 11) is 0. The third-order valence-electron chi connectivity index (χ3n) is 3.16. The van der Waals surface area contributed by atoms with Gasteiger partial charge in [0, 0.05) is 12.6 Å². The number of carbonyl (C=O) groups excluding carboxylic acids is 1. The number of ether oxygens (including phenoxy) is 1. The van der Waals surface area contributed by atoms with E-state index in [9.17, 15) is 9.18 Å². The second kappa shape index (κ2) is 5.32. The highest BCUT2D eigenvalue weighted by atomic mass is 19.1. The zero-order valence-corrected chi connectivity index (χ0v) is 11.2. The quantitative estimate of drug-likeness (QED) is 0.757. The van der Waals surface area contributed by atoms with Crippen LogP contribution in [0.1, 0.15) is 5.56 Å². The van der Waals surface area contributed by atoms with Gasteiger partial charge in [0.2, 0.25) is 0 Å². The lowest BCUT2D eigenvalue weighted by molar-refractivity contribution is -0.118. The molecule has 1 aliphatic heterocycles. The van der Waals surface area contributed by atoms with Crippen LogP contribution in [-0.4, -0.2) is 12.5 Å². The van der Waals surface area contributed by atoms with Crippen LogP contribution in [-0.2, 0) is 11.3 Å². The second-order valence-corrected chi connectivity index (χ2v) is 4.76. The lowest BCUT2D eigenvalue weighted by Gasteiger charge is -2.20. The molecule has 6 heteroatoms. The molecule has 1 aliphatic rings. The molecule has 0 saturated carbocycles. The maximum Gasteiger partial charge on any atom is 0.262 e. The number of amides is 1. The van der Waals surface area contributed by atoms with Gasteiger partial charge in [-0.1, -0.05) is 12.1 Å². The minimum atomic E-state index is -0.284. The van der Waals surface area contributed by atoms with Crippen molar-refractivity contribution in [3.63, 3.8) is 0 Å². The average Bonchev–Trinajstić information content (AvgIpc) is 2.45. The normalized spacial score (nSPS) is 13.1. The van der Waals surface area contributed by atoms with Crippen LogP contribution in [0, 0.1) is 5.82 Å². The molecule has 108 valence electrons. The summed E-state index contributed by atoms with van der Waals surface area (Å²) >= 11 is 0. The molecular weight excluding hydrogens is 273 g/mol. The molecule has 0 unspecified atom stereocenters. The lowest BCUT2D eigenvalue weighted by Crippen LogP contribution is -2.25. The largest absolute Gasteiger partial charge is 0.482 e. The summed E-state index contributed by atoms with van der Waals surface area (Å²) in [5.41, 5.74) is 8.47. The van der Waals surface area contributed by atoms with Gasteiger partial charge in [0.05, 0.1) is 17.1 Å². The van der Waals surface area contributed by atoms with E-state index in [1.54, 1.807) is 18.2 Å². The maximum atomic E-state index is 13.1. The van der Waals surface area contributed by atoms with Crippen LogP contribution < -0.4 is 21.1 Å². The first kappa shape index (κ1) is 13.2. The van der Waals surface area contributed by atoms with Gasteiger partial charge in [-0.3, -0.25) is 4.79 Å². The number of nitrogens with one attached hydrogen (secondary N) is 2. The average molecular weight is 287 g/mol. The first-order valence-electron chi connectivity index (χ1n) is 6.46. The number of fused-ring (bicyclic) bond motifs is 1. The molecule has 2 aromatic carbocycles. The van der Waals surface area contributed by atoms with Crippen molar-refractivity contribution in [2.75, 3.05) is 23.0 Å². The summed E-state index contributed by atoms with van der Waals surface area (Å²) in [6, 6.07) is 9.67. The van der Waals surface area contributed by atoms with E-state index in [4.69, 9.17) is 10.5 Å². The Labute approximate surface area is 120 Å². The Balaban J connectivity index is 1.79. The summed E-state index contributed by atoms with van der Waals surface area (Å²) in [4.78, 5) is 11.3. The van der Waals surface area contributed by atoms with E-state index < -0.39 is 0 Å². The Morgan fingerprint density at radius 1 is 1.33 bits per heavy atom. The molecule has 1 amide bonds. The van der Waals surface area contributed by atoms with Gasteiger partial charge in [-0.2, -0.15) is 0 Å². The standard InChI is InChI=1S/C15H14FN3O2/c16-10-3-1-2-9(4-10)7-18-12-6-13-14(5-11(12)17)21-8-15(20)19-13/h1-6,18H,7-8,17H2,(H,19,20). The van der Waals surface area contributed by atoms with Crippen molar-refractivity contribution < 1.29 is 13.9 Å². The molecule has 0 saturated heterocycles. The van der Waals surface area contributed by atoms with Crippen molar-refractivity contribution in [1.29, 1.82) is 0 Å². The Hall–Kier alpha value is -2.76. The Morgan fingerprint density at radius 3 is 3.00 bits per heavy atom. The molecule has 2 aromatic rings. The van der Waals surface area contributed by atoms with Crippen molar-refractivity contribution in [3.05, 3.63) is 47.8 Å². The fourth-order valence-electron chi connectivity index (χ4n) is 2.14. The number of halogens is 1. The number of benzene rings is 2. The fourth-order valence-corrected chi connectivity index (χ4v) is 2.14. The fraction of sp³-hybridized carbons (Fsp3) is 0.133. The highest BCUT2D eigenvalue weighted by Gasteiger charge is 2.17. The van der Waals surface area contributed by atoms with Gasteiger partial charge in [0.15, 0.2) is 6.61 Å². The molecule has 3 rings (SSSR count). The first-order valence-corrected chi connectivity index (χ1v) is 6.46. The first-order chi connectivity index (χ1) is 10.1. The second-order valence-electron chi connectivity index (χ2n) is 4.76. The SMILES string of the molecule is Nc1cc2c(cc1NCc1cccc(F)c1)NC(=O)CO2. The summed E-state index contributed by atoms with van der Waals surface area (Å²) < 4.78 is 18.4. The zero-order valence-electron chi connectivity index (χ0n) is 11.2. The van der Waals surface area contributed by atoms with E-state index in [-0.39, 0.29) is 18.3 Å². The molecule has 0 fully saturated rings. The van der Waals surface area contributed by atoms with Crippen molar-refractivity contribution in [3.8, 4) is 5.75 Å². The molecule has 0 aromatic heterocycles. The smallest absolute Gasteiger partial charge is 0.262 e. The molecule has 0 radical (unpaired) electrons. The number of carbonyl (C=O) groups is 1. The van der Waals surface area contributed by atoms with Crippen LogP contribution in [0.15, 0.2) is 36.4 Å². The van der Waals surface area contributed by atoms with Gasteiger partial charge in [0.25, 0.3) is 5.91 Å². The predicted octanol–water partition coefficient (Wildman–Crippen LogP) is 2.35. The van der Waals surface area contributed by atoms with Gasteiger partial charge in [0.1, 0.15) is 11.6 Å². The monoisotopic (exact) mass is 287 g/mol. The summed E-state index contributed by atoms with van der Waals surface area (Å²) in [6.07, 6.45) is 0. The van der Waals surface area contributed by atoms with Crippen LogP contribution in [0.4, 0.5) is 21.5 Å². The predicted molar refractivity (Wildman–Crippen MR) is 78.7 cm³/mol. The molecule has 1 heterocycles. The van der Waals surface area contributed by atoms with Crippen molar-refractivity contribution in [1.82, 2.24) is 0 Å². The van der Waals surface area contributed by atoms with Gasteiger partial charge >= 0.3 is 0 Å². The summed E-state index contributed by atoms with van der Waals surface area (Å²) in [6.45, 7) is 0.415. The van der Waals surface area contributed by atoms with Gasteiger partial charge in [-0.05, 0) is 23.8 Å². The molecule has 5 nitrogen and oxygen atoms in total. The Bertz CT molecular complexity index is 703. The van der Waals surface area contributed by atoms with Crippen LogP contribution in [0.5, 0.6) is 5.75 Å². The minimum Gasteiger partial charge on any atom is -0.482 e. The van der Waals surface area contributed by atoms with Crippen LogP contribution in [0.3, 0.4) is 0 Å². The number of nitrogens with two attached hydrogens (primary N) is 1. The van der Waals surface area contributed by atoms with Crippen molar-refractivity contribution in [2.45, 2.75) is 6.54 Å². The van der Waals surface area contributed by atoms with Gasteiger partial charge in [-0.15, -0.1) is 0 Å². The molecular formula is C15H14FN3O2. The van der Waals surface area contributed by atoms with E-state index in [0.29, 0.717) is 29.4 Å². The molecule has 21 heavy (non-hydrogen) atoms. The van der Waals surface area contributed by atoms with Crippen LogP contribution in [0.2, 0.25) is 0 Å². The summed E-state index contributed by atoms with van der Waals surface area (Å²) in [5.74, 6) is 0.0557. The van der Waals surface area contributed by atoms with E-state index >= 15 is 0 Å². The number of nitrogen functional groups attached to an aromatic ring is 1. The van der Waals surface area contributed by atoms with E-state index in [1.165, 1.54) is 12.1 Å². The molecule has 0 bridgehead atoms. The molecule has 0 aliphatic carbocycles. The Kier molecular flexibility index (Phi) is 3.35. The third kappa shape index (κ3) is 2.89. The maximum absolute atomic E-state index is 13.1. The molecule has 4 N–H and O–H groups in total. The summed E-state index contributed by atoms with van der Waals surface area (Å²) in [5, 5.41) is 5.84. The van der Waals surface area contributed by atoms with Gasteiger partial charge < -0.3 is 21.1 Å². The molecule has 0 spiro atoms. The van der Waals surface area contributed by atoms with E-state index in [1.807, 2.05) is 6.07 Å². The van der Waals surface area contributed by atoms with E-state index in [2.05, 4.69) is 10.6 Å². The number of anilines is 3. The van der Waals surface area contributed by atoms with E-state index in [0.717, 1.165) is 5.56 Å². The topological polar surface area (TPSA) is 76.4 Å². The Morgan fingerprint density at radius 2 is 2.19 bits per heavy atom. The van der Waals surface area contributed by atoms with Crippen LogP contribution in [0.25, 0.3) is 0 Å². The van der Waals surface area contributed by atoms with Crippen molar-refractivity contribution in [2.24, 2.45) is 0 Å². The molecule has 0 atom stereocenters. The highest BCUT2D eigenvalue weighted by molar-refractivity contribution is 5.97. The van der Waals surface area contributed by atoms with Crippen molar-refractivity contribution >= 4 is 23.0 Å². The zero-order chi connectivity index (χ0) is 14.8. The number of rotatable bonds is 3. The lowest BCUT2D eigenvalue weighted by atomic mass is 10.1. The van der Waals surface area contributed by atoms with Gasteiger partial charge in [-0.25, -0.2) is 4.39 Å². The van der Waals surface area contributed by atoms with Crippen LogP contribution >= 0.6 is 0 Å². The highest BCUT2D eigenvalue weighted by Crippen LogP contribution is 2.35. The third-order valence-corrected chi connectivity index (χ3v) is 3.16. The minimum absolute atomic E-state index is 0.0114. The number of hydrogen-bond donors (Lipinski definition) is 3.